The molecule has 7 heteroatoms. The number of ether oxygens (including phenoxy) is 1. The minimum atomic E-state index is -0.341. The Hall–Kier alpha value is -3.71. The Kier molecular flexibility index (Phi) is 9.17. The summed E-state index contributed by atoms with van der Waals surface area (Å²) >= 11 is 5.33. The van der Waals surface area contributed by atoms with Crippen LogP contribution in [0.15, 0.2) is 72.8 Å². The van der Waals surface area contributed by atoms with Gasteiger partial charge in [-0.15, -0.1) is 0 Å². The first kappa shape index (κ1) is 24.9. The van der Waals surface area contributed by atoms with E-state index in [1.165, 1.54) is 0 Å². The van der Waals surface area contributed by atoms with E-state index >= 15 is 0 Å². The van der Waals surface area contributed by atoms with Crippen LogP contribution in [-0.2, 0) is 0 Å². The topological polar surface area (TPSA) is 79.5 Å². The molecule has 0 saturated carbocycles. The van der Waals surface area contributed by atoms with Crippen LogP contribution in [0.5, 0.6) is 5.75 Å². The molecule has 0 heterocycles. The number of benzene rings is 3. The summed E-state index contributed by atoms with van der Waals surface area (Å²) in [5.41, 5.74) is 3.27. The highest BCUT2D eigenvalue weighted by atomic mass is 32.1. The molecule has 0 aliphatic carbocycles. The molecule has 0 aromatic heterocycles. The molecule has 0 fully saturated rings. The fourth-order valence-electron chi connectivity index (χ4n) is 3.31. The predicted molar refractivity (Wildman–Crippen MR) is 141 cm³/mol. The molecule has 0 aliphatic rings. The summed E-state index contributed by atoms with van der Waals surface area (Å²) in [6.45, 7) is 4.58. The van der Waals surface area contributed by atoms with Crippen LogP contribution in [0, 0.1) is 6.92 Å². The number of carbonyl (C=O) groups excluding carboxylic acids is 2. The third kappa shape index (κ3) is 7.15. The van der Waals surface area contributed by atoms with E-state index in [1.807, 2.05) is 37.3 Å². The molecule has 0 atom stereocenters. The normalized spacial score (nSPS) is 10.3. The minimum Gasteiger partial charge on any atom is -0.493 e. The molecule has 0 aliphatic heterocycles. The Morgan fingerprint density at radius 3 is 2.35 bits per heavy atom. The van der Waals surface area contributed by atoms with Crippen LogP contribution in [0.3, 0.4) is 0 Å². The third-order valence-corrected chi connectivity index (χ3v) is 5.34. The van der Waals surface area contributed by atoms with E-state index in [4.69, 9.17) is 17.0 Å². The molecule has 0 bridgehead atoms. The number of carbonyl (C=O) groups is 2. The summed E-state index contributed by atoms with van der Waals surface area (Å²) < 4.78 is 5.79. The highest BCUT2D eigenvalue weighted by molar-refractivity contribution is 7.80. The Morgan fingerprint density at radius 1 is 0.882 bits per heavy atom. The SMILES string of the molecule is CCCCCOc1ccccc1C(=O)NC(=S)Nc1ccc(NC(=O)c2ccccc2)c(C)c1. The van der Waals surface area contributed by atoms with Gasteiger partial charge >= 0.3 is 0 Å². The largest absolute Gasteiger partial charge is 0.493 e. The maximum atomic E-state index is 12.8. The lowest BCUT2D eigenvalue weighted by Crippen LogP contribution is -2.34. The summed E-state index contributed by atoms with van der Waals surface area (Å²) in [4.78, 5) is 25.2. The summed E-state index contributed by atoms with van der Waals surface area (Å²) in [5.74, 6) is 0.0167. The second-order valence-electron chi connectivity index (χ2n) is 7.81. The van der Waals surface area contributed by atoms with E-state index in [0.29, 0.717) is 34.9 Å². The zero-order valence-electron chi connectivity index (χ0n) is 19.4. The summed E-state index contributed by atoms with van der Waals surface area (Å²) in [6.07, 6.45) is 3.12. The van der Waals surface area contributed by atoms with E-state index < -0.39 is 0 Å². The van der Waals surface area contributed by atoms with E-state index in [-0.39, 0.29) is 16.9 Å². The monoisotopic (exact) mass is 475 g/mol. The van der Waals surface area contributed by atoms with Gasteiger partial charge in [0.25, 0.3) is 11.8 Å². The summed E-state index contributed by atoms with van der Waals surface area (Å²) in [5, 5.41) is 8.81. The number of aryl methyl sites for hydroxylation is 1. The highest BCUT2D eigenvalue weighted by Gasteiger charge is 2.14. The van der Waals surface area contributed by atoms with E-state index in [2.05, 4.69) is 22.9 Å². The van der Waals surface area contributed by atoms with Crippen molar-refractivity contribution in [1.29, 1.82) is 0 Å². The summed E-state index contributed by atoms with van der Waals surface area (Å²) in [7, 11) is 0. The molecule has 34 heavy (non-hydrogen) atoms. The lowest BCUT2D eigenvalue weighted by atomic mass is 10.1. The molecule has 0 saturated heterocycles. The zero-order chi connectivity index (χ0) is 24.3. The van der Waals surface area contributed by atoms with Crippen LogP contribution in [0.25, 0.3) is 0 Å². The van der Waals surface area contributed by atoms with Crippen molar-refractivity contribution in [2.45, 2.75) is 33.1 Å². The Morgan fingerprint density at radius 2 is 1.62 bits per heavy atom. The lowest BCUT2D eigenvalue weighted by Gasteiger charge is -2.14. The second-order valence-corrected chi connectivity index (χ2v) is 8.22. The molecule has 3 aromatic carbocycles. The van der Waals surface area contributed by atoms with E-state index in [9.17, 15) is 9.59 Å². The predicted octanol–water partition coefficient (Wildman–Crippen LogP) is 5.94. The molecule has 176 valence electrons. The van der Waals surface area contributed by atoms with Crippen molar-refractivity contribution in [3.05, 3.63) is 89.5 Å². The smallest absolute Gasteiger partial charge is 0.261 e. The zero-order valence-corrected chi connectivity index (χ0v) is 20.2. The van der Waals surface area contributed by atoms with E-state index in [1.54, 1.807) is 42.5 Å². The number of hydrogen-bond donors (Lipinski definition) is 3. The van der Waals surface area contributed by atoms with Crippen LogP contribution in [0.4, 0.5) is 11.4 Å². The third-order valence-electron chi connectivity index (χ3n) is 5.13. The van der Waals surface area contributed by atoms with E-state index in [0.717, 1.165) is 24.8 Å². The maximum absolute atomic E-state index is 12.8. The fourth-order valence-corrected chi connectivity index (χ4v) is 3.52. The molecule has 3 aromatic rings. The van der Waals surface area contributed by atoms with Gasteiger partial charge in [0.15, 0.2) is 5.11 Å². The molecule has 0 spiro atoms. The Balaban J connectivity index is 1.58. The van der Waals surface area contributed by atoms with Gasteiger partial charge in [0, 0.05) is 16.9 Å². The number of anilines is 2. The average Bonchev–Trinajstić information content (AvgIpc) is 2.84. The van der Waals surface area contributed by atoms with Crippen LogP contribution in [0.1, 0.15) is 52.5 Å². The molecular weight excluding hydrogens is 446 g/mol. The molecule has 0 radical (unpaired) electrons. The molecular formula is C27H29N3O3S. The first-order chi connectivity index (χ1) is 16.5. The van der Waals surface area contributed by atoms with Gasteiger partial charge in [0.1, 0.15) is 5.75 Å². The average molecular weight is 476 g/mol. The quantitative estimate of drug-likeness (QED) is 0.264. The van der Waals surface area contributed by atoms with Gasteiger partial charge in [-0.25, -0.2) is 0 Å². The number of rotatable bonds is 9. The Labute approximate surface area is 205 Å². The van der Waals surface area contributed by atoms with Crippen molar-refractivity contribution in [3.8, 4) is 5.75 Å². The number of thiocarbonyl (C=S) groups is 1. The van der Waals surface area contributed by atoms with Gasteiger partial charge in [0.2, 0.25) is 0 Å². The van der Waals surface area contributed by atoms with Crippen molar-refractivity contribution >= 4 is 40.5 Å². The van der Waals surface area contributed by atoms with Crippen LogP contribution in [0.2, 0.25) is 0 Å². The number of unbranched alkanes of at least 4 members (excludes halogenated alkanes) is 2. The first-order valence-electron chi connectivity index (χ1n) is 11.3. The number of para-hydroxylation sites is 1. The maximum Gasteiger partial charge on any atom is 0.261 e. The molecule has 2 amide bonds. The summed E-state index contributed by atoms with van der Waals surface area (Å²) in [6, 6.07) is 21.6. The van der Waals surface area contributed by atoms with Gasteiger partial charge in [-0.2, -0.15) is 0 Å². The Bertz CT molecular complexity index is 1150. The van der Waals surface area contributed by atoms with Gasteiger partial charge in [-0.05, 0) is 73.6 Å². The number of hydrogen-bond acceptors (Lipinski definition) is 4. The van der Waals surface area contributed by atoms with Crippen LogP contribution < -0.4 is 20.7 Å². The molecule has 3 N–H and O–H groups in total. The van der Waals surface area contributed by atoms with Gasteiger partial charge in [-0.1, -0.05) is 50.1 Å². The van der Waals surface area contributed by atoms with Crippen LogP contribution in [-0.4, -0.2) is 23.5 Å². The van der Waals surface area contributed by atoms with Crippen molar-refractivity contribution < 1.29 is 14.3 Å². The van der Waals surface area contributed by atoms with Crippen molar-refractivity contribution in [3.63, 3.8) is 0 Å². The first-order valence-corrected chi connectivity index (χ1v) is 11.7. The minimum absolute atomic E-state index is 0.172. The van der Waals surface area contributed by atoms with Crippen LogP contribution >= 0.6 is 12.2 Å². The van der Waals surface area contributed by atoms with Crippen molar-refractivity contribution in [2.75, 3.05) is 17.2 Å². The van der Waals surface area contributed by atoms with Gasteiger partial charge in [-0.3, -0.25) is 14.9 Å². The highest BCUT2D eigenvalue weighted by Crippen LogP contribution is 2.21. The van der Waals surface area contributed by atoms with Gasteiger partial charge < -0.3 is 15.4 Å². The number of amides is 2. The second kappa shape index (κ2) is 12.5. The molecule has 3 rings (SSSR count). The van der Waals surface area contributed by atoms with Crippen molar-refractivity contribution in [1.82, 2.24) is 5.32 Å². The fraction of sp³-hybridized carbons (Fsp3) is 0.222. The standard InChI is InChI=1S/C27H29N3O3S/c1-3-4-10-17-33-24-14-9-8-13-22(24)26(32)30-27(34)28-21-15-16-23(19(2)18-21)29-25(31)20-11-6-5-7-12-20/h5-9,11-16,18H,3-4,10,17H2,1-2H3,(H,29,31)(H2,28,30,32,34). The van der Waals surface area contributed by atoms with Crippen molar-refractivity contribution in [2.24, 2.45) is 0 Å². The molecule has 6 nitrogen and oxygen atoms in total. The lowest BCUT2D eigenvalue weighted by molar-refractivity contribution is 0.0972. The molecule has 0 unspecified atom stereocenters. The van der Waals surface area contributed by atoms with Gasteiger partial charge in [0.05, 0.1) is 12.2 Å². The number of nitrogens with one attached hydrogen (secondary N) is 3.